The molecule has 0 N–H and O–H groups in total. The van der Waals surface area contributed by atoms with Crippen molar-refractivity contribution in [3.05, 3.63) is 41.9 Å². The van der Waals surface area contributed by atoms with E-state index >= 15 is 0 Å². The summed E-state index contributed by atoms with van der Waals surface area (Å²) >= 11 is 0. The van der Waals surface area contributed by atoms with Crippen molar-refractivity contribution in [3.63, 3.8) is 0 Å². The smallest absolute Gasteiger partial charge is 0.236 e. The summed E-state index contributed by atoms with van der Waals surface area (Å²) in [6, 6.07) is 8.82. The van der Waals surface area contributed by atoms with Gasteiger partial charge in [-0.25, -0.2) is 9.13 Å². The van der Waals surface area contributed by atoms with Crippen molar-refractivity contribution in [2.24, 2.45) is 7.05 Å². The van der Waals surface area contributed by atoms with Crippen LogP contribution in [0.4, 0.5) is 0 Å². The number of nitrogens with zero attached hydrogens (tertiary/aromatic N) is 2. The molecule has 0 saturated heterocycles. The molecule has 2 nitrogen and oxygen atoms in total. The van der Waals surface area contributed by atoms with E-state index in [1.165, 1.54) is 22.6 Å². The van der Waals surface area contributed by atoms with Crippen LogP contribution < -0.4 is 4.57 Å². The number of hydrogen-bond acceptors (Lipinski definition) is 0. The van der Waals surface area contributed by atoms with Crippen molar-refractivity contribution in [1.82, 2.24) is 4.57 Å². The Morgan fingerprint density at radius 1 is 1.05 bits per heavy atom. The molecule has 1 aromatic carbocycles. The Labute approximate surface area is 115 Å². The molecule has 1 aliphatic heterocycles. The van der Waals surface area contributed by atoms with E-state index in [4.69, 9.17) is 0 Å². The molecule has 1 aliphatic rings. The molecule has 0 radical (unpaired) electrons. The Balaban J connectivity index is 2.47. The zero-order chi connectivity index (χ0) is 14.0. The number of aromatic nitrogens is 2. The summed E-state index contributed by atoms with van der Waals surface area (Å²) in [4.78, 5) is 0. The number of aryl methyl sites for hydroxylation is 1. The minimum absolute atomic E-state index is 0.0576. The van der Waals surface area contributed by atoms with E-state index in [9.17, 15) is 0 Å². The molecule has 0 amide bonds. The second-order valence-electron chi connectivity index (χ2n) is 6.74. The second kappa shape index (κ2) is 3.50. The largest absolute Gasteiger partial charge is 0.253 e. The number of hydrogen-bond donors (Lipinski definition) is 0. The molecular weight excluding hydrogens is 232 g/mol. The molecule has 0 fully saturated rings. The number of rotatable bonds is 0. The molecule has 0 aliphatic carbocycles. The number of fused-ring (bicyclic) bond motifs is 3. The van der Waals surface area contributed by atoms with Gasteiger partial charge in [-0.3, -0.25) is 0 Å². The summed E-state index contributed by atoms with van der Waals surface area (Å²) in [5, 5.41) is 0. The second-order valence-corrected chi connectivity index (χ2v) is 6.74. The maximum atomic E-state index is 2.50. The van der Waals surface area contributed by atoms with E-state index in [0.717, 1.165) is 0 Å². The van der Waals surface area contributed by atoms with E-state index in [2.05, 4.69) is 81.3 Å². The van der Waals surface area contributed by atoms with Crippen molar-refractivity contribution in [2.45, 2.75) is 45.6 Å². The van der Waals surface area contributed by atoms with Gasteiger partial charge >= 0.3 is 0 Å². The lowest BCUT2D eigenvalue weighted by atomic mass is 9.65. The topological polar surface area (TPSA) is 8.81 Å². The molecule has 100 valence electrons. The fourth-order valence-corrected chi connectivity index (χ4v) is 3.42. The Morgan fingerprint density at radius 3 is 2.37 bits per heavy atom. The zero-order valence-corrected chi connectivity index (χ0v) is 12.8. The van der Waals surface area contributed by atoms with E-state index in [1.54, 1.807) is 0 Å². The van der Waals surface area contributed by atoms with E-state index in [-0.39, 0.29) is 11.0 Å². The van der Waals surface area contributed by atoms with E-state index in [0.29, 0.717) is 0 Å². The minimum Gasteiger partial charge on any atom is -0.236 e. The summed E-state index contributed by atoms with van der Waals surface area (Å²) in [5.74, 6) is 1.31. The molecule has 0 spiro atoms. The highest BCUT2D eigenvalue weighted by Crippen LogP contribution is 2.49. The zero-order valence-electron chi connectivity index (χ0n) is 12.8. The lowest BCUT2D eigenvalue weighted by molar-refractivity contribution is -0.677. The lowest BCUT2D eigenvalue weighted by Crippen LogP contribution is -2.49. The van der Waals surface area contributed by atoms with Gasteiger partial charge in [0.2, 0.25) is 0 Å². The fraction of sp³-hybridized carbons (Fsp3) is 0.471. The third-order valence-electron chi connectivity index (χ3n) is 5.36. The molecule has 0 unspecified atom stereocenters. The number of imidazole rings is 1. The molecule has 0 saturated carbocycles. The van der Waals surface area contributed by atoms with Crippen LogP contribution >= 0.6 is 0 Å². The van der Waals surface area contributed by atoms with Crippen LogP contribution in [0.5, 0.6) is 0 Å². The van der Waals surface area contributed by atoms with Gasteiger partial charge in [0.25, 0.3) is 5.82 Å². The first-order valence-electron chi connectivity index (χ1n) is 6.97. The minimum atomic E-state index is 0.0576. The maximum absolute atomic E-state index is 2.50. The van der Waals surface area contributed by atoms with Crippen LogP contribution in [0.25, 0.3) is 11.3 Å². The lowest BCUT2D eigenvalue weighted by Gasteiger charge is -2.44. The SMILES string of the molecule is Cc1n2c(c[n+]1C)-c1ccccc1C(C)(C)C2(C)C. The van der Waals surface area contributed by atoms with Gasteiger partial charge in [0, 0.05) is 17.9 Å². The molecule has 2 aromatic rings. The highest BCUT2D eigenvalue weighted by atomic mass is 15.2. The van der Waals surface area contributed by atoms with Gasteiger partial charge in [0.1, 0.15) is 11.7 Å². The van der Waals surface area contributed by atoms with Crippen molar-refractivity contribution in [1.29, 1.82) is 0 Å². The molecule has 2 heteroatoms. The van der Waals surface area contributed by atoms with E-state index in [1.807, 2.05) is 0 Å². The van der Waals surface area contributed by atoms with Crippen molar-refractivity contribution < 1.29 is 4.57 Å². The fourth-order valence-electron chi connectivity index (χ4n) is 3.42. The molecule has 0 atom stereocenters. The quantitative estimate of drug-likeness (QED) is 0.639. The van der Waals surface area contributed by atoms with Gasteiger partial charge in [-0.2, -0.15) is 0 Å². The highest BCUT2D eigenvalue weighted by Gasteiger charge is 2.51. The average molecular weight is 255 g/mol. The van der Waals surface area contributed by atoms with Crippen molar-refractivity contribution in [3.8, 4) is 11.3 Å². The molecule has 2 heterocycles. The Bertz CT molecular complexity index is 660. The van der Waals surface area contributed by atoms with Crippen LogP contribution in [0, 0.1) is 6.92 Å². The van der Waals surface area contributed by atoms with Crippen LogP contribution in [0.2, 0.25) is 0 Å². The predicted octanol–water partition coefficient (Wildman–Crippen LogP) is 3.31. The van der Waals surface area contributed by atoms with Crippen LogP contribution in [0.1, 0.15) is 39.1 Å². The van der Waals surface area contributed by atoms with Crippen molar-refractivity contribution in [2.75, 3.05) is 0 Å². The Kier molecular flexibility index (Phi) is 2.30. The van der Waals surface area contributed by atoms with Crippen molar-refractivity contribution >= 4 is 0 Å². The van der Waals surface area contributed by atoms with Crippen LogP contribution in [-0.4, -0.2) is 4.57 Å². The van der Waals surface area contributed by atoms with Crippen LogP contribution in [-0.2, 0) is 18.0 Å². The Morgan fingerprint density at radius 2 is 1.68 bits per heavy atom. The molecular formula is C17H23N2+. The first-order chi connectivity index (χ1) is 8.78. The summed E-state index contributed by atoms with van der Waals surface area (Å²) in [6.45, 7) is 11.6. The monoisotopic (exact) mass is 255 g/mol. The third kappa shape index (κ3) is 1.35. The molecule has 19 heavy (non-hydrogen) atoms. The van der Waals surface area contributed by atoms with Gasteiger partial charge in [0.05, 0.1) is 7.05 Å². The van der Waals surface area contributed by atoms with Crippen LogP contribution in [0.15, 0.2) is 30.5 Å². The maximum Gasteiger partial charge on any atom is 0.253 e. The van der Waals surface area contributed by atoms with Gasteiger partial charge in [0.15, 0.2) is 5.69 Å². The molecule has 0 bridgehead atoms. The molecule has 3 rings (SSSR count). The first kappa shape index (κ1) is 12.5. The van der Waals surface area contributed by atoms with Gasteiger partial charge in [-0.1, -0.05) is 38.1 Å². The average Bonchev–Trinajstić information content (AvgIpc) is 2.65. The molecule has 1 aromatic heterocycles. The summed E-state index contributed by atoms with van der Waals surface area (Å²) in [5.41, 5.74) is 4.32. The van der Waals surface area contributed by atoms with Gasteiger partial charge < -0.3 is 0 Å². The summed E-state index contributed by atoms with van der Waals surface area (Å²) in [7, 11) is 2.13. The normalized spacial score (nSPS) is 18.8. The number of benzene rings is 1. The summed E-state index contributed by atoms with van der Waals surface area (Å²) in [6.07, 6.45) is 2.26. The van der Waals surface area contributed by atoms with Crippen LogP contribution in [0.3, 0.4) is 0 Å². The standard InChI is InChI=1S/C17H23N2/c1-12-18(6)11-15-13-9-7-8-10-14(13)16(2,3)17(4,5)19(12)15/h7-11H,1-6H3/q+1. The third-order valence-corrected chi connectivity index (χ3v) is 5.36. The van der Waals surface area contributed by atoms with Gasteiger partial charge in [-0.15, -0.1) is 0 Å². The first-order valence-corrected chi connectivity index (χ1v) is 6.97. The Hall–Kier alpha value is -1.57. The predicted molar refractivity (Wildman–Crippen MR) is 78.1 cm³/mol. The summed E-state index contributed by atoms with van der Waals surface area (Å²) < 4.78 is 4.73. The van der Waals surface area contributed by atoms with E-state index < -0.39 is 0 Å². The highest BCUT2D eigenvalue weighted by molar-refractivity contribution is 5.68. The van der Waals surface area contributed by atoms with Gasteiger partial charge in [-0.05, 0) is 19.4 Å².